The number of benzene rings is 4. The van der Waals surface area contributed by atoms with Gasteiger partial charge in [-0.15, -0.1) is 0 Å². The molecule has 0 aliphatic heterocycles. The fraction of sp³-hybridized carbons (Fsp3) is 0.172. The van der Waals surface area contributed by atoms with Crippen molar-refractivity contribution in [1.29, 1.82) is 0 Å². The average Bonchev–Trinajstić information content (AvgIpc) is 2.88. The summed E-state index contributed by atoms with van der Waals surface area (Å²) in [7, 11) is 2.95. The molecule has 0 fully saturated rings. The molecule has 0 heterocycles. The maximum absolute atomic E-state index is 5.76. The Morgan fingerprint density at radius 1 is 0.625 bits per heavy atom. The van der Waals surface area contributed by atoms with Gasteiger partial charge >= 0.3 is 0 Å². The number of para-hydroxylation sites is 2. The fourth-order valence-electron chi connectivity index (χ4n) is 4.25. The van der Waals surface area contributed by atoms with Crippen molar-refractivity contribution in [3.8, 4) is 11.5 Å². The Morgan fingerprint density at radius 3 is 1.88 bits per heavy atom. The zero-order chi connectivity index (χ0) is 22.2. The van der Waals surface area contributed by atoms with Gasteiger partial charge in [-0.2, -0.15) is 0 Å². The van der Waals surface area contributed by atoms with Crippen molar-refractivity contribution in [2.45, 2.75) is 12.3 Å². The maximum atomic E-state index is 5.76. The third kappa shape index (κ3) is 5.03. The van der Waals surface area contributed by atoms with E-state index in [4.69, 9.17) is 9.47 Å². The Bertz CT molecular complexity index is 1020. The minimum atomic E-state index is -0.570. The predicted molar refractivity (Wildman–Crippen MR) is 136 cm³/mol. The minimum Gasteiger partial charge on any atom is -0.496 e. The highest BCUT2D eigenvalue weighted by Crippen LogP contribution is 2.42. The van der Waals surface area contributed by atoms with Crippen LogP contribution in [-0.4, -0.2) is 20.4 Å². The highest BCUT2D eigenvalue weighted by atomic mass is 31.1. The van der Waals surface area contributed by atoms with E-state index in [1.54, 1.807) is 14.2 Å². The Labute approximate surface area is 192 Å². The maximum Gasteiger partial charge on any atom is 0.126 e. The summed E-state index contributed by atoms with van der Waals surface area (Å²) in [5.74, 6) is 2.18. The van der Waals surface area contributed by atoms with Crippen molar-refractivity contribution >= 4 is 18.5 Å². The molecule has 0 spiro atoms. The molecule has 0 saturated carbocycles. The summed E-state index contributed by atoms with van der Waals surface area (Å²) in [5, 5.41) is 2.67. The molecule has 2 nitrogen and oxygen atoms in total. The van der Waals surface area contributed by atoms with Gasteiger partial charge in [0.25, 0.3) is 0 Å². The van der Waals surface area contributed by atoms with E-state index >= 15 is 0 Å². The van der Waals surface area contributed by atoms with E-state index in [-0.39, 0.29) is 5.92 Å². The molecule has 4 aromatic carbocycles. The topological polar surface area (TPSA) is 18.5 Å². The number of hydrogen-bond acceptors (Lipinski definition) is 2. The van der Waals surface area contributed by atoms with Crippen LogP contribution in [0.4, 0.5) is 0 Å². The van der Waals surface area contributed by atoms with E-state index in [1.165, 1.54) is 21.7 Å². The van der Waals surface area contributed by atoms with Crippen LogP contribution >= 0.6 is 7.92 Å². The summed E-state index contributed by atoms with van der Waals surface area (Å²) in [6.45, 7) is 0. The first-order valence-corrected chi connectivity index (χ1v) is 12.5. The first-order valence-electron chi connectivity index (χ1n) is 10.9. The molecule has 162 valence electrons. The molecule has 0 N–H and O–H groups in total. The van der Waals surface area contributed by atoms with Crippen LogP contribution < -0.4 is 20.1 Å². The van der Waals surface area contributed by atoms with Crippen molar-refractivity contribution in [3.63, 3.8) is 0 Å². The highest BCUT2D eigenvalue weighted by molar-refractivity contribution is 7.73. The van der Waals surface area contributed by atoms with Crippen molar-refractivity contribution in [2.75, 3.05) is 20.4 Å². The quantitative estimate of drug-likeness (QED) is 0.282. The molecule has 0 radical (unpaired) electrons. The largest absolute Gasteiger partial charge is 0.496 e. The van der Waals surface area contributed by atoms with Crippen LogP contribution in [0.3, 0.4) is 0 Å². The van der Waals surface area contributed by atoms with Crippen LogP contribution in [0.1, 0.15) is 23.5 Å². The lowest BCUT2D eigenvalue weighted by atomic mass is 9.88. The molecule has 0 aliphatic carbocycles. The molecule has 2 atom stereocenters. The molecular weight excluding hydrogens is 411 g/mol. The van der Waals surface area contributed by atoms with Gasteiger partial charge in [0.2, 0.25) is 0 Å². The standard InChI is InChI=1S/C29H29O2P/c1-30-27-18-10-9-17-26(27)25(23-13-5-3-6-14-23)21-22-32(24-15-7-4-8-16-24)29-20-12-11-19-28(29)31-2/h3-20,25H,21-22H2,1-2H3/t25-,32-/m0/s1. The van der Waals surface area contributed by atoms with Gasteiger partial charge in [-0.05, 0) is 43.5 Å². The molecule has 32 heavy (non-hydrogen) atoms. The summed E-state index contributed by atoms with van der Waals surface area (Å²) >= 11 is 0. The monoisotopic (exact) mass is 440 g/mol. The molecule has 0 saturated heterocycles. The predicted octanol–water partition coefficient (Wildman–Crippen LogP) is 6.36. The highest BCUT2D eigenvalue weighted by Gasteiger charge is 2.23. The van der Waals surface area contributed by atoms with Crippen LogP contribution in [0.5, 0.6) is 11.5 Å². The summed E-state index contributed by atoms with van der Waals surface area (Å²) < 4.78 is 11.5. The van der Waals surface area contributed by atoms with Crippen LogP contribution in [0.25, 0.3) is 0 Å². The van der Waals surface area contributed by atoms with E-state index < -0.39 is 7.92 Å². The third-order valence-electron chi connectivity index (χ3n) is 5.80. The number of rotatable bonds is 9. The van der Waals surface area contributed by atoms with Crippen molar-refractivity contribution in [2.24, 2.45) is 0 Å². The second-order valence-corrected chi connectivity index (χ2v) is 9.95. The van der Waals surface area contributed by atoms with E-state index in [9.17, 15) is 0 Å². The van der Waals surface area contributed by atoms with Crippen LogP contribution in [-0.2, 0) is 0 Å². The van der Waals surface area contributed by atoms with E-state index in [0.29, 0.717) is 0 Å². The summed E-state index contributed by atoms with van der Waals surface area (Å²) in [6.07, 6.45) is 2.07. The van der Waals surface area contributed by atoms with E-state index in [1.807, 2.05) is 12.1 Å². The van der Waals surface area contributed by atoms with Gasteiger partial charge in [-0.25, -0.2) is 0 Å². The minimum absolute atomic E-state index is 0.260. The fourth-order valence-corrected chi connectivity index (χ4v) is 6.77. The van der Waals surface area contributed by atoms with Gasteiger partial charge in [0, 0.05) is 16.8 Å². The second-order valence-electron chi connectivity index (χ2n) is 7.65. The Kier molecular flexibility index (Phi) is 7.59. The van der Waals surface area contributed by atoms with E-state index in [0.717, 1.165) is 24.1 Å². The van der Waals surface area contributed by atoms with Gasteiger partial charge < -0.3 is 9.47 Å². The van der Waals surface area contributed by atoms with Gasteiger partial charge in [-0.1, -0.05) is 97.1 Å². The van der Waals surface area contributed by atoms with Crippen LogP contribution in [0.15, 0.2) is 109 Å². The summed E-state index contributed by atoms with van der Waals surface area (Å²) in [6, 6.07) is 38.5. The Balaban J connectivity index is 1.72. The lowest BCUT2D eigenvalue weighted by molar-refractivity contribution is 0.407. The zero-order valence-corrected chi connectivity index (χ0v) is 19.5. The van der Waals surface area contributed by atoms with Gasteiger partial charge in [0.15, 0.2) is 0 Å². The molecular formula is C29H29O2P. The normalized spacial score (nSPS) is 12.7. The lowest BCUT2D eigenvalue weighted by Gasteiger charge is -2.25. The van der Waals surface area contributed by atoms with Crippen molar-refractivity contribution in [1.82, 2.24) is 0 Å². The first kappa shape index (κ1) is 22.1. The van der Waals surface area contributed by atoms with Gasteiger partial charge in [0.1, 0.15) is 11.5 Å². The molecule has 0 aromatic heterocycles. The smallest absolute Gasteiger partial charge is 0.126 e. The molecule has 0 amide bonds. The van der Waals surface area contributed by atoms with E-state index in [2.05, 4.69) is 97.1 Å². The summed E-state index contributed by atoms with van der Waals surface area (Å²) in [5.41, 5.74) is 2.56. The molecule has 0 aliphatic rings. The number of methoxy groups -OCH3 is 2. The first-order chi connectivity index (χ1) is 15.8. The Morgan fingerprint density at radius 2 is 1.19 bits per heavy atom. The molecule has 4 rings (SSSR count). The van der Waals surface area contributed by atoms with Crippen molar-refractivity contribution < 1.29 is 9.47 Å². The molecule has 0 bridgehead atoms. The summed E-state index contributed by atoms with van der Waals surface area (Å²) in [4.78, 5) is 0. The van der Waals surface area contributed by atoms with Gasteiger partial charge in [-0.3, -0.25) is 0 Å². The van der Waals surface area contributed by atoms with Crippen molar-refractivity contribution in [3.05, 3.63) is 120 Å². The van der Waals surface area contributed by atoms with Gasteiger partial charge in [0.05, 0.1) is 14.2 Å². The lowest BCUT2D eigenvalue weighted by Crippen LogP contribution is -2.17. The van der Waals surface area contributed by atoms with Crippen LogP contribution in [0, 0.1) is 0 Å². The zero-order valence-electron chi connectivity index (χ0n) is 18.6. The SMILES string of the molecule is COc1ccccc1[C@@H](CC[P@@](c1ccccc1)c1ccccc1OC)c1ccccc1. The average molecular weight is 441 g/mol. The third-order valence-corrected chi connectivity index (χ3v) is 8.38. The number of hydrogen-bond donors (Lipinski definition) is 0. The Hall–Kier alpha value is -3.09. The molecule has 0 unspecified atom stereocenters. The molecule has 3 heteroatoms. The van der Waals surface area contributed by atoms with Crippen LogP contribution in [0.2, 0.25) is 0 Å². The molecule has 4 aromatic rings. The second kappa shape index (κ2) is 11.0. The number of ether oxygens (including phenoxy) is 2.